The maximum atomic E-state index is 13.9. The van der Waals surface area contributed by atoms with E-state index in [0.717, 1.165) is 40.5 Å². The van der Waals surface area contributed by atoms with Crippen LogP contribution in [0.25, 0.3) is 27.7 Å². The number of hydrogen-bond donors (Lipinski definition) is 1. The molecule has 5 nitrogen and oxygen atoms in total. The lowest BCUT2D eigenvalue weighted by molar-refractivity contribution is -0.111. The van der Waals surface area contributed by atoms with Gasteiger partial charge in [-0.2, -0.15) is 0 Å². The van der Waals surface area contributed by atoms with Gasteiger partial charge in [-0.3, -0.25) is 4.79 Å². The van der Waals surface area contributed by atoms with Crippen molar-refractivity contribution < 1.29 is 27.5 Å². The van der Waals surface area contributed by atoms with Crippen LogP contribution in [-0.2, 0) is 4.79 Å². The minimum absolute atomic E-state index is 0.229. The van der Waals surface area contributed by atoms with Gasteiger partial charge in [0.1, 0.15) is 28.7 Å². The molecule has 4 rings (SSSR count). The molecule has 0 aliphatic heterocycles. The van der Waals surface area contributed by atoms with Gasteiger partial charge in [0, 0.05) is 34.7 Å². The lowest BCUT2D eigenvalue weighted by Crippen LogP contribution is -2.10. The van der Waals surface area contributed by atoms with Crippen molar-refractivity contribution in [1.82, 2.24) is 0 Å². The van der Waals surface area contributed by atoms with Crippen molar-refractivity contribution in [3.05, 3.63) is 84.1 Å². The third-order valence-electron chi connectivity index (χ3n) is 5.41. The first-order valence-electron chi connectivity index (χ1n) is 11.3. The molecule has 0 saturated carbocycles. The van der Waals surface area contributed by atoms with Gasteiger partial charge in [-0.05, 0) is 62.2 Å². The Morgan fingerprint density at radius 3 is 2.46 bits per heavy atom. The second kappa shape index (κ2) is 10.4. The molecule has 0 radical (unpaired) electrons. The fraction of sp³-hybridized carbons (Fsp3) is 0.179. The van der Waals surface area contributed by atoms with E-state index in [1.807, 2.05) is 44.2 Å². The molecule has 0 bridgehead atoms. The number of carbonyl (C=O) groups is 1. The summed E-state index contributed by atoms with van der Waals surface area (Å²) in [4.78, 5) is 12.6. The Kier molecular flexibility index (Phi) is 7.15. The van der Waals surface area contributed by atoms with Crippen LogP contribution in [0.2, 0.25) is 0 Å². The number of rotatable bonds is 8. The van der Waals surface area contributed by atoms with Crippen LogP contribution in [0, 0.1) is 11.6 Å². The molecule has 180 valence electrons. The number of allylic oxidation sites excluding steroid dienone is 1. The van der Waals surface area contributed by atoms with Crippen LogP contribution in [0.4, 0.5) is 14.5 Å². The molecule has 0 unspecified atom stereocenters. The van der Waals surface area contributed by atoms with E-state index in [-0.39, 0.29) is 5.69 Å². The smallest absolute Gasteiger partial charge is 0.248 e. The number of carbonyl (C=O) groups excluding carboxylic acids is 1. The van der Waals surface area contributed by atoms with Crippen molar-refractivity contribution in [2.45, 2.75) is 20.8 Å². The van der Waals surface area contributed by atoms with Crippen LogP contribution in [0.15, 0.2) is 71.4 Å². The highest BCUT2D eigenvalue weighted by atomic mass is 19.1. The third-order valence-corrected chi connectivity index (χ3v) is 5.41. The summed E-state index contributed by atoms with van der Waals surface area (Å²) < 4.78 is 44.5. The molecule has 0 spiro atoms. The first-order valence-corrected chi connectivity index (χ1v) is 11.3. The van der Waals surface area contributed by atoms with Crippen LogP contribution in [0.1, 0.15) is 26.3 Å². The zero-order chi connectivity index (χ0) is 24.9. The predicted octanol–water partition coefficient (Wildman–Crippen LogP) is 7.22. The maximum Gasteiger partial charge on any atom is 0.248 e. The molecule has 1 heterocycles. The van der Waals surface area contributed by atoms with Crippen LogP contribution >= 0.6 is 0 Å². The van der Waals surface area contributed by atoms with Gasteiger partial charge in [0.25, 0.3) is 0 Å². The van der Waals surface area contributed by atoms with E-state index in [1.54, 1.807) is 19.3 Å². The monoisotopic (exact) mass is 477 g/mol. The zero-order valence-electron chi connectivity index (χ0n) is 19.7. The lowest BCUT2D eigenvalue weighted by Gasteiger charge is -2.12. The highest BCUT2D eigenvalue weighted by Gasteiger charge is 2.16. The van der Waals surface area contributed by atoms with E-state index in [9.17, 15) is 13.6 Å². The topological polar surface area (TPSA) is 60.7 Å². The van der Waals surface area contributed by atoms with Gasteiger partial charge in [-0.1, -0.05) is 12.1 Å². The number of halogens is 2. The summed E-state index contributed by atoms with van der Waals surface area (Å²) in [5.41, 5.74) is 3.51. The van der Waals surface area contributed by atoms with Crippen molar-refractivity contribution in [1.29, 1.82) is 0 Å². The van der Waals surface area contributed by atoms with E-state index in [4.69, 9.17) is 13.9 Å². The Labute approximate surface area is 202 Å². The molecule has 7 heteroatoms. The van der Waals surface area contributed by atoms with Crippen LogP contribution < -0.4 is 14.8 Å². The SMILES string of the molecule is CCOc1ccc(-c2coc3cc(OCC)c(/C(C)=C/C(=O)Nc4cc(F)ccc4F)cc23)cc1. The van der Waals surface area contributed by atoms with E-state index in [0.29, 0.717) is 35.7 Å². The standard InChI is InChI=1S/C28H25F2NO4/c1-4-33-20-9-6-18(7-10-20)23-16-35-27-15-26(34-5-2)21(14-22(23)27)17(3)12-28(32)31-25-13-19(29)8-11-24(25)30/h6-16H,4-5H2,1-3H3,(H,31,32)/b17-12+. The molecule has 0 atom stereocenters. The fourth-order valence-corrected chi connectivity index (χ4v) is 3.80. The lowest BCUT2D eigenvalue weighted by atomic mass is 9.99. The summed E-state index contributed by atoms with van der Waals surface area (Å²) in [6.45, 7) is 6.54. The number of hydrogen-bond acceptors (Lipinski definition) is 4. The molecule has 1 N–H and O–H groups in total. The first kappa shape index (κ1) is 24.0. The fourth-order valence-electron chi connectivity index (χ4n) is 3.80. The molecule has 0 fully saturated rings. The van der Waals surface area contributed by atoms with Crippen molar-refractivity contribution >= 4 is 28.1 Å². The molecule has 4 aromatic rings. The van der Waals surface area contributed by atoms with E-state index >= 15 is 0 Å². The van der Waals surface area contributed by atoms with Crippen molar-refractivity contribution in [3.8, 4) is 22.6 Å². The summed E-state index contributed by atoms with van der Waals surface area (Å²) in [5, 5.41) is 3.23. The summed E-state index contributed by atoms with van der Waals surface area (Å²) >= 11 is 0. The number of amides is 1. The van der Waals surface area contributed by atoms with E-state index in [2.05, 4.69) is 5.32 Å². The average molecular weight is 478 g/mol. The van der Waals surface area contributed by atoms with Crippen molar-refractivity contribution in [2.75, 3.05) is 18.5 Å². The average Bonchev–Trinajstić information content (AvgIpc) is 3.24. The van der Waals surface area contributed by atoms with Gasteiger partial charge in [0.15, 0.2) is 0 Å². The van der Waals surface area contributed by atoms with E-state index in [1.165, 1.54) is 6.08 Å². The van der Waals surface area contributed by atoms with Crippen LogP contribution in [-0.4, -0.2) is 19.1 Å². The molecule has 3 aromatic carbocycles. The third kappa shape index (κ3) is 5.35. The number of benzene rings is 3. The molecule has 0 aliphatic carbocycles. The zero-order valence-corrected chi connectivity index (χ0v) is 19.7. The van der Waals surface area contributed by atoms with Gasteiger partial charge in [-0.15, -0.1) is 0 Å². The molecular formula is C28H25F2NO4. The number of anilines is 1. The first-order chi connectivity index (χ1) is 16.9. The summed E-state index contributed by atoms with van der Waals surface area (Å²) in [6.07, 6.45) is 3.00. The Balaban J connectivity index is 1.70. The highest BCUT2D eigenvalue weighted by molar-refractivity contribution is 6.05. The Morgan fingerprint density at radius 2 is 1.74 bits per heavy atom. The molecule has 0 saturated heterocycles. The number of furan rings is 1. The second-order valence-electron chi connectivity index (χ2n) is 7.83. The van der Waals surface area contributed by atoms with Gasteiger partial charge in [0.2, 0.25) is 5.91 Å². The summed E-state index contributed by atoms with van der Waals surface area (Å²) in [6, 6.07) is 14.3. The van der Waals surface area contributed by atoms with Gasteiger partial charge >= 0.3 is 0 Å². The molecule has 35 heavy (non-hydrogen) atoms. The van der Waals surface area contributed by atoms with Crippen LogP contribution in [0.5, 0.6) is 11.5 Å². The molecule has 0 aliphatic rings. The second-order valence-corrected chi connectivity index (χ2v) is 7.83. The molecule has 1 aromatic heterocycles. The van der Waals surface area contributed by atoms with Gasteiger partial charge < -0.3 is 19.2 Å². The normalized spacial score (nSPS) is 11.5. The Morgan fingerprint density at radius 1 is 1.00 bits per heavy atom. The minimum atomic E-state index is -0.722. The summed E-state index contributed by atoms with van der Waals surface area (Å²) in [7, 11) is 0. The molecular weight excluding hydrogens is 452 g/mol. The number of ether oxygens (including phenoxy) is 2. The van der Waals surface area contributed by atoms with Crippen LogP contribution in [0.3, 0.4) is 0 Å². The van der Waals surface area contributed by atoms with Crippen molar-refractivity contribution in [3.63, 3.8) is 0 Å². The maximum absolute atomic E-state index is 13.9. The molecule has 1 amide bonds. The van der Waals surface area contributed by atoms with E-state index < -0.39 is 17.5 Å². The highest BCUT2D eigenvalue weighted by Crippen LogP contribution is 2.38. The predicted molar refractivity (Wildman–Crippen MR) is 133 cm³/mol. The Hall–Kier alpha value is -4.13. The Bertz CT molecular complexity index is 1390. The number of nitrogens with one attached hydrogen (secondary N) is 1. The van der Waals surface area contributed by atoms with Crippen molar-refractivity contribution in [2.24, 2.45) is 0 Å². The van der Waals surface area contributed by atoms with Gasteiger partial charge in [-0.25, -0.2) is 8.78 Å². The largest absolute Gasteiger partial charge is 0.494 e. The number of fused-ring (bicyclic) bond motifs is 1. The minimum Gasteiger partial charge on any atom is -0.494 e. The van der Waals surface area contributed by atoms with Gasteiger partial charge in [0.05, 0.1) is 25.2 Å². The summed E-state index contributed by atoms with van der Waals surface area (Å²) in [5.74, 6) is -0.628. The quantitative estimate of drug-likeness (QED) is 0.272.